The zero-order valence-corrected chi connectivity index (χ0v) is 16.4. The van der Waals surface area contributed by atoms with Crippen molar-refractivity contribution in [1.82, 2.24) is 20.4 Å². The number of hydrogen-bond acceptors (Lipinski definition) is 5. The number of hydrogen-bond donors (Lipinski definition) is 1. The van der Waals surface area contributed by atoms with E-state index in [-0.39, 0.29) is 11.9 Å². The highest BCUT2D eigenvalue weighted by Gasteiger charge is 2.38. The van der Waals surface area contributed by atoms with Gasteiger partial charge in [-0.1, -0.05) is 28.9 Å². The van der Waals surface area contributed by atoms with Crippen LogP contribution >= 0.6 is 22.9 Å². The highest BCUT2D eigenvalue weighted by Crippen LogP contribution is 2.35. The summed E-state index contributed by atoms with van der Waals surface area (Å²) in [6.45, 7) is 1.25. The predicted molar refractivity (Wildman–Crippen MR) is 100 cm³/mol. The van der Waals surface area contributed by atoms with Crippen LogP contribution in [-0.4, -0.2) is 27.6 Å². The van der Waals surface area contributed by atoms with Gasteiger partial charge in [0.1, 0.15) is 0 Å². The standard InChI is InChI=1S/C18H14ClF3N4O2S/c19-12-3-1-10(2-4-12)8-23-17(27)26-6-5-11-7-13(29-14(11)9-26)15-24-16(28-25-15)18(20,21)22/h1-4,7H,5-6,8-9H2,(H,23,27). The summed E-state index contributed by atoms with van der Waals surface area (Å²) in [7, 11) is 0. The minimum Gasteiger partial charge on any atom is -0.334 e. The summed E-state index contributed by atoms with van der Waals surface area (Å²) >= 11 is 7.11. The molecule has 0 fully saturated rings. The lowest BCUT2D eigenvalue weighted by Crippen LogP contribution is -2.42. The summed E-state index contributed by atoms with van der Waals surface area (Å²) in [5.41, 5.74) is 1.90. The van der Waals surface area contributed by atoms with Gasteiger partial charge in [0.2, 0.25) is 5.82 Å². The van der Waals surface area contributed by atoms with Gasteiger partial charge in [-0.3, -0.25) is 0 Å². The van der Waals surface area contributed by atoms with Crippen molar-refractivity contribution >= 4 is 29.0 Å². The summed E-state index contributed by atoms with van der Waals surface area (Å²) in [5, 5.41) is 6.91. The molecule has 0 unspecified atom stereocenters. The van der Waals surface area contributed by atoms with Gasteiger partial charge in [0.25, 0.3) is 0 Å². The number of nitrogens with zero attached hydrogens (tertiary/aromatic N) is 3. The Morgan fingerprint density at radius 3 is 2.76 bits per heavy atom. The van der Waals surface area contributed by atoms with Gasteiger partial charge in [0.05, 0.1) is 11.4 Å². The summed E-state index contributed by atoms with van der Waals surface area (Å²) in [5.74, 6) is -1.47. The molecule has 1 aliphatic heterocycles. The van der Waals surface area contributed by atoms with Crippen molar-refractivity contribution in [3.63, 3.8) is 0 Å². The minimum absolute atomic E-state index is 0.101. The zero-order chi connectivity index (χ0) is 20.6. The number of nitrogens with one attached hydrogen (secondary N) is 1. The summed E-state index contributed by atoms with van der Waals surface area (Å²) in [4.78, 5) is 18.9. The molecule has 6 nitrogen and oxygen atoms in total. The van der Waals surface area contributed by atoms with Crippen molar-refractivity contribution < 1.29 is 22.5 Å². The first-order valence-electron chi connectivity index (χ1n) is 8.59. The van der Waals surface area contributed by atoms with Gasteiger partial charge in [-0.05, 0) is 35.7 Å². The smallest absolute Gasteiger partial charge is 0.334 e. The van der Waals surface area contributed by atoms with Gasteiger partial charge in [-0.15, -0.1) is 11.3 Å². The summed E-state index contributed by atoms with van der Waals surface area (Å²) in [6.07, 6.45) is -4.08. The Balaban J connectivity index is 1.41. The molecule has 1 N–H and O–H groups in total. The van der Waals surface area contributed by atoms with Gasteiger partial charge in [0.15, 0.2) is 0 Å². The van der Waals surface area contributed by atoms with Crippen molar-refractivity contribution in [1.29, 1.82) is 0 Å². The van der Waals surface area contributed by atoms with E-state index in [2.05, 4.69) is 20.0 Å². The summed E-state index contributed by atoms with van der Waals surface area (Å²) < 4.78 is 42.2. The molecule has 0 saturated carbocycles. The molecule has 3 heterocycles. The molecule has 3 aromatic rings. The lowest BCUT2D eigenvalue weighted by Gasteiger charge is -2.27. The number of aromatic nitrogens is 2. The van der Waals surface area contributed by atoms with Crippen molar-refractivity contribution in [3.05, 3.63) is 57.2 Å². The molecule has 0 atom stereocenters. The molecular weight excluding hydrogens is 429 g/mol. The fourth-order valence-electron chi connectivity index (χ4n) is 2.93. The number of carbonyl (C=O) groups excluding carboxylic acids is 1. The lowest BCUT2D eigenvalue weighted by atomic mass is 10.1. The number of halogens is 4. The Bertz CT molecular complexity index is 1030. The van der Waals surface area contributed by atoms with Crippen LogP contribution in [0.2, 0.25) is 5.02 Å². The van der Waals surface area contributed by atoms with Crippen molar-refractivity contribution in [2.45, 2.75) is 25.7 Å². The van der Waals surface area contributed by atoms with Crippen molar-refractivity contribution in [3.8, 4) is 10.7 Å². The summed E-state index contributed by atoms with van der Waals surface area (Å²) in [6, 6.07) is 8.73. The molecule has 1 aromatic carbocycles. The Labute approximate surface area is 172 Å². The number of carbonyl (C=O) groups is 1. The average molecular weight is 443 g/mol. The first-order valence-corrected chi connectivity index (χ1v) is 9.79. The van der Waals surface area contributed by atoms with Gasteiger partial charge in [-0.25, -0.2) is 4.79 Å². The van der Waals surface area contributed by atoms with Crippen molar-refractivity contribution in [2.75, 3.05) is 6.54 Å². The van der Waals surface area contributed by atoms with E-state index in [1.807, 2.05) is 12.1 Å². The second-order valence-corrected chi connectivity index (χ2v) is 8.01. The van der Waals surface area contributed by atoms with E-state index >= 15 is 0 Å². The number of alkyl halides is 3. The maximum atomic E-state index is 12.6. The third-order valence-electron chi connectivity index (χ3n) is 4.42. The number of amides is 2. The van der Waals surface area contributed by atoms with Gasteiger partial charge in [0, 0.05) is 23.0 Å². The van der Waals surface area contributed by atoms with Gasteiger partial charge >= 0.3 is 18.1 Å². The molecule has 0 radical (unpaired) electrons. The molecular formula is C18H14ClF3N4O2S. The van der Waals surface area contributed by atoms with Gasteiger partial charge < -0.3 is 14.7 Å². The SMILES string of the molecule is O=C(NCc1ccc(Cl)cc1)N1CCc2cc(-c3noc(C(F)(F)F)n3)sc2C1. The fourth-order valence-corrected chi connectivity index (χ4v) is 4.21. The number of benzene rings is 1. The van der Waals surface area contributed by atoms with E-state index in [4.69, 9.17) is 11.6 Å². The molecule has 0 aliphatic carbocycles. The first kappa shape index (κ1) is 19.7. The lowest BCUT2D eigenvalue weighted by molar-refractivity contribution is -0.159. The Morgan fingerprint density at radius 1 is 1.31 bits per heavy atom. The second kappa shape index (κ2) is 7.68. The number of urea groups is 1. The van der Waals surface area contributed by atoms with Crippen molar-refractivity contribution in [2.24, 2.45) is 0 Å². The third-order valence-corrected chi connectivity index (χ3v) is 5.83. The largest absolute Gasteiger partial charge is 0.471 e. The van der Waals surface area contributed by atoms with E-state index in [0.717, 1.165) is 16.0 Å². The highest BCUT2D eigenvalue weighted by molar-refractivity contribution is 7.15. The van der Waals surface area contributed by atoms with Crippen LogP contribution in [-0.2, 0) is 25.7 Å². The van der Waals surface area contributed by atoms with Crippen LogP contribution in [0.25, 0.3) is 10.7 Å². The molecule has 0 bridgehead atoms. The molecule has 2 amide bonds. The van der Waals surface area contributed by atoms with E-state index in [9.17, 15) is 18.0 Å². The minimum atomic E-state index is -4.68. The Morgan fingerprint density at radius 2 is 2.07 bits per heavy atom. The van der Waals surface area contributed by atoms with Crippen LogP contribution in [0.3, 0.4) is 0 Å². The van der Waals surface area contributed by atoms with Crippen LogP contribution in [0.1, 0.15) is 21.9 Å². The average Bonchev–Trinajstić information content (AvgIpc) is 3.33. The number of thiophene rings is 1. The topological polar surface area (TPSA) is 71.3 Å². The maximum absolute atomic E-state index is 12.6. The van der Waals surface area contributed by atoms with E-state index < -0.39 is 12.1 Å². The predicted octanol–water partition coefficient (Wildman–Crippen LogP) is 4.74. The molecule has 11 heteroatoms. The molecule has 29 heavy (non-hydrogen) atoms. The quantitative estimate of drug-likeness (QED) is 0.636. The van der Waals surface area contributed by atoms with Gasteiger partial charge in [-0.2, -0.15) is 18.2 Å². The normalized spacial score (nSPS) is 14.0. The van der Waals surface area contributed by atoms with E-state index in [1.165, 1.54) is 11.3 Å². The Hall–Kier alpha value is -2.59. The van der Waals surface area contributed by atoms with Crippen LogP contribution in [0.5, 0.6) is 0 Å². The van der Waals surface area contributed by atoms with E-state index in [1.54, 1.807) is 23.1 Å². The second-order valence-electron chi connectivity index (χ2n) is 6.44. The monoisotopic (exact) mass is 442 g/mol. The Kier molecular flexibility index (Phi) is 5.22. The number of fused-ring (bicyclic) bond motifs is 1. The molecule has 0 spiro atoms. The molecule has 152 valence electrons. The number of rotatable bonds is 3. The fraction of sp³-hybridized carbons (Fsp3) is 0.278. The van der Waals surface area contributed by atoms with Crippen LogP contribution < -0.4 is 5.32 Å². The van der Waals surface area contributed by atoms with Crippen LogP contribution in [0.4, 0.5) is 18.0 Å². The van der Waals surface area contributed by atoms with Crippen LogP contribution in [0, 0.1) is 0 Å². The zero-order valence-electron chi connectivity index (χ0n) is 14.8. The highest BCUT2D eigenvalue weighted by atomic mass is 35.5. The first-order chi connectivity index (χ1) is 13.8. The molecule has 0 saturated heterocycles. The third kappa shape index (κ3) is 4.38. The molecule has 4 rings (SSSR count). The molecule has 2 aromatic heterocycles. The van der Waals surface area contributed by atoms with E-state index in [0.29, 0.717) is 36.0 Å². The molecule has 1 aliphatic rings. The maximum Gasteiger partial charge on any atom is 0.471 e. The van der Waals surface area contributed by atoms with Crippen LogP contribution in [0.15, 0.2) is 34.9 Å².